The molecule has 0 aliphatic heterocycles. The fraction of sp³-hybridized carbons (Fsp3) is 0.962. The van der Waals surface area contributed by atoms with E-state index in [1.54, 1.807) is 6.92 Å². The van der Waals surface area contributed by atoms with E-state index >= 15 is 0 Å². The molecule has 0 N–H and O–H groups in total. The molecule has 0 aromatic rings. The Kier molecular flexibility index (Phi) is 69.6. The Hall–Kier alpha value is 0.400. The van der Waals surface area contributed by atoms with Gasteiger partial charge in [-0.05, 0) is 25.2 Å². The molecule has 0 fully saturated rings. The Morgan fingerprint density at radius 2 is 1.18 bits per heavy atom. The number of ketones is 1. The Bertz CT molecular complexity index is 214. The van der Waals surface area contributed by atoms with Crippen molar-refractivity contribution in [3.8, 4) is 0 Å². The van der Waals surface area contributed by atoms with Crippen LogP contribution in [0.3, 0.4) is 0 Å². The van der Waals surface area contributed by atoms with Crippen molar-refractivity contribution >= 4 is 28.4 Å². The molecule has 0 aromatic heterocycles. The van der Waals surface area contributed by atoms with Crippen molar-refractivity contribution < 1.29 is 4.79 Å². The van der Waals surface area contributed by atoms with Gasteiger partial charge in [-0.3, -0.25) is 0 Å². The van der Waals surface area contributed by atoms with Crippen molar-refractivity contribution in [3.05, 3.63) is 0 Å². The van der Waals surface area contributed by atoms with Crippen molar-refractivity contribution in [1.29, 1.82) is 0 Å². The molecule has 0 saturated heterocycles. The molecule has 3 atom stereocenters. The van der Waals surface area contributed by atoms with Crippen LogP contribution in [0.5, 0.6) is 0 Å². The summed E-state index contributed by atoms with van der Waals surface area (Å²) in [5.74, 6) is 1.86. The van der Waals surface area contributed by atoms with Crippen LogP contribution in [0, 0.1) is 11.8 Å². The largest absolute Gasteiger partial charge is 0.300 e. The topological polar surface area (TPSA) is 17.1 Å². The van der Waals surface area contributed by atoms with Gasteiger partial charge in [0.05, 0.1) is 0 Å². The number of alkyl halides is 1. The number of rotatable bonds is 9. The molecule has 28 heavy (non-hydrogen) atoms. The van der Waals surface area contributed by atoms with Gasteiger partial charge in [0, 0.05) is 10.3 Å². The van der Waals surface area contributed by atoms with Crippen LogP contribution >= 0.6 is 22.6 Å². The Balaban J connectivity index is -0.0000000614. The summed E-state index contributed by atoms with van der Waals surface area (Å²) in [6.07, 6.45) is 9.91. The summed E-state index contributed by atoms with van der Waals surface area (Å²) in [5, 5.41) is 0. The number of carbonyl (C=O) groups excluding carboxylic acids is 1. The first-order valence-corrected chi connectivity index (χ1v) is 13.7. The van der Waals surface area contributed by atoms with Gasteiger partial charge in [-0.25, -0.2) is 0 Å². The van der Waals surface area contributed by atoms with E-state index in [2.05, 4.69) is 71.1 Å². The highest BCUT2D eigenvalue weighted by Crippen LogP contribution is 2.22. The molecule has 0 radical (unpaired) electrons. The monoisotopic (exact) mass is 516 g/mol. The van der Waals surface area contributed by atoms with Gasteiger partial charge in [0.1, 0.15) is 5.78 Å². The Labute approximate surface area is 196 Å². The first kappa shape index (κ1) is 42.5. The molecule has 3 unspecified atom stereocenters. The van der Waals surface area contributed by atoms with Crippen LogP contribution in [0.4, 0.5) is 0 Å². The van der Waals surface area contributed by atoms with Crippen molar-refractivity contribution in [3.63, 3.8) is 0 Å². The summed E-state index contributed by atoms with van der Waals surface area (Å²) in [7, 11) is 0. The third-order valence-corrected chi connectivity index (χ3v) is 4.54. The van der Waals surface area contributed by atoms with Crippen LogP contribution in [0.25, 0.3) is 0 Å². The number of hydrogen-bond acceptors (Lipinski definition) is 1. The number of Topliss-reactive ketones (excluding diaryl/α,β-unsaturated/α-hetero) is 1. The fourth-order valence-electron chi connectivity index (χ4n) is 2.31. The highest BCUT2D eigenvalue weighted by molar-refractivity contribution is 14.1. The summed E-state index contributed by atoms with van der Waals surface area (Å²) < 4.78 is 0.856. The average Bonchev–Trinajstić information content (AvgIpc) is 2.68. The van der Waals surface area contributed by atoms with Gasteiger partial charge in [0.2, 0.25) is 0 Å². The third kappa shape index (κ3) is 56.3. The second-order valence-electron chi connectivity index (χ2n) is 6.50. The summed E-state index contributed by atoms with van der Waals surface area (Å²) in [5.41, 5.74) is 0. The zero-order chi connectivity index (χ0) is 24.0. The van der Waals surface area contributed by atoms with Gasteiger partial charge in [-0.1, -0.05) is 151 Å². The van der Waals surface area contributed by atoms with E-state index < -0.39 is 0 Å². The SMILES string of the molecule is CC.CC.CC.CCC.CCCC(C)CC(C)=O.CCCCC(CC)C(C)I. The second-order valence-corrected chi connectivity index (χ2v) is 8.46. The van der Waals surface area contributed by atoms with Gasteiger partial charge in [0.25, 0.3) is 0 Å². The highest BCUT2D eigenvalue weighted by Gasteiger charge is 2.10. The van der Waals surface area contributed by atoms with Crippen LogP contribution in [-0.4, -0.2) is 9.71 Å². The number of hydrogen-bond donors (Lipinski definition) is 0. The molecule has 2 heteroatoms. The maximum atomic E-state index is 10.5. The molecule has 0 aliphatic carbocycles. The van der Waals surface area contributed by atoms with Gasteiger partial charge >= 0.3 is 0 Å². The minimum Gasteiger partial charge on any atom is -0.300 e. The van der Waals surface area contributed by atoms with E-state index in [4.69, 9.17) is 0 Å². The van der Waals surface area contributed by atoms with Crippen molar-refractivity contribution in [2.24, 2.45) is 11.8 Å². The smallest absolute Gasteiger partial charge is 0.130 e. The van der Waals surface area contributed by atoms with Crippen molar-refractivity contribution in [1.82, 2.24) is 0 Å². The zero-order valence-electron chi connectivity index (χ0n) is 22.7. The molecular weight excluding hydrogens is 455 g/mol. The molecule has 0 heterocycles. The maximum absolute atomic E-state index is 10.5. The standard InChI is InChI=1S/C9H19I.C8H16O.C3H8.3C2H6/c1-4-6-7-9(5-2)8(3)10;1-4-5-7(2)6-8(3)9;1-3-2;3*1-2/h8-9H,4-7H2,1-3H3;7H,4-6H2,1-3H3;3H2,1-2H3;3*1-2H3. The first-order chi connectivity index (χ1) is 13.3. The van der Waals surface area contributed by atoms with E-state index in [-0.39, 0.29) is 0 Å². The lowest BCUT2D eigenvalue weighted by Crippen LogP contribution is -2.09. The first-order valence-electron chi connectivity index (χ1n) is 12.4. The number of unbranched alkanes of at least 4 members (excludes halogenated alkanes) is 1. The predicted octanol–water partition coefficient (Wildman–Crippen LogP) is 10.9. The van der Waals surface area contributed by atoms with Crippen LogP contribution in [0.2, 0.25) is 0 Å². The maximum Gasteiger partial charge on any atom is 0.130 e. The normalized spacial score (nSPS) is 11.5. The summed E-state index contributed by atoms with van der Waals surface area (Å²) >= 11 is 2.54. The van der Waals surface area contributed by atoms with E-state index in [0.717, 1.165) is 16.3 Å². The van der Waals surface area contributed by atoms with E-state index in [0.29, 0.717) is 11.7 Å². The molecule has 0 rings (SSSR count). The Morgan fingerprint density at radius 1 is 0.786 bits per heavy atom. The minimum absolute atomic E-state index is 0.316. The summed E-state index contributed by atoms with van der Waals surface area (Å²) in [4.78, 5) is 10.5. The number of carbonyl (C=O) groups is 1. The van der Waals surface area contributed by atoms with Crippen LogP contribution in [0.1, 0.15) is 148 Å². The molecule has 0 aliphatic rings. The molecule has 0 spiro atoms. The lowest BCUT2D eigenvalue weighted by Gasteiger charge is -2.16. The van der Waals surface area contributed by atoms with Crippen molar-refractivity contribution in [2.45, 2.75) is 152 Å². The highest BCUT2D eigenvalue weighted by atomic mass is 127. The van der Waals surface area contributed by atoms with Crippen molar-refractivity contribution in [2.75, 3.05) is 0 Å². The Morgan fingerprint density at radius 3 is 1.39 bits per heavy atom. The summed E-state index contributed by atoms with van der Waals surface area (Å²) in [6.45, 7) is 29.1. The third-order valence-electron chi connectivity index (χ3n) is 3.52. The van der Waals surface area contributed by atoms with E-state index in [1.165, 1.54) is 44.9 Å². The predicted molar refractivity (Wildman–Crippen MR) is 146 cm³/mol. The molecule has 178 valence electrons. The van der Waals surface area contributed by atoms with Crippen LogP contribution < -0.4 is 0 Å². The van der Waals surface area contributed by atoms with E-state index in [9.17, 15) is 4.79 Å². The van der Waals surface area contributed by atoms with Crippen LogP contribution in [-0.2, 0) is 4.79 Å². The summed E-state index contributed by atoms with van der Waals surface area (Å²) in [6, 6.07) is 0. The molecule has 0 saturated carbocycles. The molecule has 0 amide bonds. The minimum atomic E-state index is 0.316. The van der Waals surface area contributed by atoms with Crippen LogP contribution in [0.15, 0.2) is 0 Å². The zero-order valence-corrected chi connectivity index (χ0v) is 24.8. The molecular formula is C26H61IO. The average molecular weight is 517 g/mol. The lowest BCUT2D eigenvalue weighted by molar-refractivity contribution is -0.117. The van der Waals surface area contributed by atoms with Gasteiger partial charge < -0.3 is 4.79 Å². The number of halogens is 1. The van der Waals surface area contributed by atoms with Gasteiger partial charge in [-0.2, -0.15) is 0 Å². The molecule has 0 aromatic carbocycles. The van der Waals surface area contributed by atoms with E-state index in [1.807, 2.05) is 41.5 Å². The molecule has 0 bridgehead atoms. The second kappa shape index (κ2) is 45.9. The molecule has 1 nitrogen and oxygen atoms in total. The van der Waals surface area contributed by atoms with Gasteiger partial charge in [-0.15, -0.1) is 0 Å². The van der Waals surface area contributed by atoms with Gasteiger partial charge in [0.15, 0.2) is 0 Å². The quantitative estimate of drug-likeness (QED) is 0.220. The lowest BCUT2D eigenvalue weighted by atomic mass is 9.97. The fourth-order valence-corrected chi connectivity index (χ4v) is 3.18.